The fourth-order valence-corrected chi connectivity index (χ4v) is 2.18. The summed E-state index contributed by atoms with van der Waals surface area (Å²) in [4.78, 5) is 4.36. The lowest BCUT2D eigenvalue weighted by molar-refractivity contribution is 0.224. The summed E-state index contributed by atoms with van der Waals surface area (Å²) in [6.07, 6.45) is 2.77. The summed E-state index contributed by atoms with van der Waals surface area (Å²) in [6.45, 7) is 5.22. The number of hydrogen-bond acceptors (Lipinski definition) is 3. The second-order valence-electron chi connectivity index (χ2n) is 4.92. The van der Waals surface area contributed by atoms with Gasteiger partial charge in [0.1, 0.15) is 0 Å². The quantitative estimate of drug-likeness (QED) is 0.818. The molecular weight excluding hydrogens is 226 g/mol. The molecule has 1 unspecified atom stereocenters. The molecule has 4 nitrogen and oxygen atoms in total. The van der Waals surface area contributed by atoms with E-state index in [9.17, 15) is 5.11 Å². The average molecular weight is 247 g/mol. The standard InChI is InChI=1S/C14H21N3O/c1-11(2)16-12(9-18)7-8-17-10-15-13-5-3-4-6-14(13)17/h3-6,10-12,16,18H,7-9H2,1-2H3. The van der Waals surface area contributed by atoms with E-state index in [0.29, 0.717) is 6.04 Å². The first-order valence-electron chi connectivity index (χ1n) is 6.47. The maximum Gasteiger partial charge on any atom is 0.0958 e. The minimum Gasteiger partial charge on any atom is -0.395 e. The normalized spacial score (nSPS) is 13.3. The van der Waals surface area contributed by atoms with Crippen LogP contribution in [0, 0.1) is 0 Å². The van der Waals surface area contributed by atoms with Crippen LogP contribution in [0.1, 0.15) is 20.3 Å². The number of aliphatic hydroxyl groups excluding tert-OH is 1. The zero-order valence-electron chi connectivity index (χ0n) is 11.0. The highest BCUT2D eigenvalue weighted by Crippen LogP contribution is 2.12. The van der Waals surface area contributed by atoms with Crippen LogP contribution in [0.25, 0.3) is 11.0 Å². The predicted octanol–water partition coefficient (Wildman–Crippen LogP) is 1.79. The Bertz CT molecular complexity index is 492. The Hall–Kier alpha value is -1.39. The van der Waals surface area contributed by atoms with E-state index in [-0.39, 0.29) is 12.6 Å². The van der Waals surface area contributed by atoms with E-state index >= 15 is 0 Å². The molecule has 1 atom stereocenters. The topological polar surface area (TPSA) is 50.1 Å². The highest BCUT2D eigenvalue weighted by atomic mass is 16.3. The van der Waals surface area contributed by atoms with Gasteiger partial charge in [0.2, 0.25) is 0 Å². The van der Waals surface area contributed by atoms with Crippen LogP contribution in [0.15, 0.2) is 30.6 Å². The molecule has 0 radical (unpaired) electrons. The third-order valence-corrected chi connectivity index (χ3v) is 3.04. The Balaban J connectivity index is 2.01. The first-order valence-corrected chi connectivity index (χ1v) is 6.47. The zero-order chi connectivity index (χ0) is 13.0. The molecule has 1 aromatic heterocycles. The lowest BCUT2D eigenvalue weighted by atomic mass is 10.2. The van der Waals surface area contributed by atoms with Crippen molar-refractivity contribution in [2.24, 2.45) is 0 Å². The Morgan fingerprint density at radius 2 is 2.11 bits per heavy atom. The molecule has 0 aliphatic rings. The fraction of sp³-hybridized carbons (Fsp3) is 0.500. The van der Waals surface area contributed by atoms with Gasteiger partial charge in [-0.1, -0.05) is 26.0 Å². The van der Waals surface area contributed by atoms with Crippen LogP contribution in [-0.4, -0.2) is 33.3 Å². The largest absolute Gasteiger partial charge is 0.395 e. The van der Waals surface area contributed by atoms with Crippen molar-refractivity contribution >= 4 is 11.0 Å². The van der Waals surface area contributed by atoms with Crippen LogP contribution in [0.4, 0.5) is 0 Å². The van der Waals surface area contributed by atoms with E-state index in [1.54, 1.807) is 0 Å². The molecule has 2 N–H and O–H groups in total. The van der Waals surface area contributed by atoms with E-state index in [0.717, 1.165) is 24.0 Å². The number of imidazole rings is 1. The van der Waals surface area contributed by atoms with Crippen LogP contribution < -0.4 is 5.32 Å². The van der Waals surface area contributed by atoms with Crippen molar-refractivity contribution in [2.75, 3.05) is 6.61 Å². The third-order valence-electron chi connectivity index (χ3n) is 3.04. The van der Waals surface area contributed by atoms with Crippen LogP contribution in [0.3, 0.4) is 0 Å². The molecule has 0 fully saturated rings. The van der Waals surface area contributed by atoms with Crippen molar-refractivity contribution in [1.82, 2.24) is 14.9 Å². The number of aliphatic hydroxyl groups is 1. The van der Waals surface area contributed by atoms with Crippen molar-refractivity contribution in [2.45, 2.75) is 38.9 Å². The van der Waals surface area contributed by atoms with Gasteiger partial charge in [-0.3, -0.25) is 0 Å². The van der Waals surface area contributed by atoms with E-state index in [1.807, 2.05) is 24.5 Å². The summed E-state index contributed by atoms with van der Waals surface area (Å²) < 4.78 is 2.14. The molecular formula is C14H21N3O. The van der Waals surface area contributed by atoms with Crippen molar-refractivity contribution in [3.05, 3.63) is 30.6 Å². The SMILES string of the molecule is CC(C)NC(CO)CCn1cnc2ccccc21. The molecule has 0 aliphatic heterocycles. The van der Waals surface area contributed by atoms with E-state index in [2.05, 4.69) is 34.8 Å². The molecule has 0 amide bonds. The number of nitrogens with zero attached hydrogens (tertiary/aromatic N) is 2. The van der Waals surface area contributed by atoms with E-state index in [4.69, 9.17) is 0 Å². The fourth-order valence-electron chi connectivity index (χ4n) is 2.18. The van der Waals surface area contributed by atoms with E-state index in [1.165, 1.54) is 0 Å². The predicted molar refractivity (Wildman–Crippen MR) is 73.5 cm³/mol. The van der Waals surface area contributed by atoms with Gasteiger partial charge in [-0.05, 0) is 18.6 Å². The van der Waals surface area contributed by atoms with Crippen molar-refractivity contribution in [1.29, 1.82) is 0 Å². The second kappa shape index (κ2) is 5.98. The molecule has 2 rings (SSSR count). The Morgan fingerprint density at radius 3 is 2.83 bits per heavy atom. The molecule has 0 bridgehead atoms. The van der Waals surface area contributed by atoms with Crippen LogP contribution in [0.5, 0.6) is 0 Å². The first kappa shape index (κ1) is 13.1. The van der Waals surface area contributed by atoms with Crippen LogP contribution >= 0.6 is 0 Å². The minimum atomic E-state index is 0.145. The van der Waals surface area contributed by atoms with Crippen molar-refractivity contribution < 1.29 is 5.11 Å². The Morgan fingerprint density at radius 1 is 1.33 bits per heavy atom. The average Bonchev–Trinajstić information content (AvgIpc) is 2.77. The molecule has 4 heteroatoms. The van der Waals surface area contributed by atoms with Crippen molar-refractivity contribution in [3.63, 3.8) is 0 Å². The molecule has 0 aliphatic carbocycles. The van der Waals surface area contributed by atoms with Gasteiger partial charge in [0, 0.05) is 18.6 Å². The van der Waals surface area contributed by atoms with Gasteiger partial charge in [-0.15, -0.1) is 0 Å². The number of hydrogen-bond donors (Lipinski definition) is 2. The summed E-state index contributed by atoms with van der Waals surface area (Å²) in [6, 6.07) is 8.65. The lowest BCUT2D eigenvalue weighted by Gasteiger charge is -2.19. The second-order valence-corrected chi connectivity index (χ2v) is 4.92. The monoisotopic (exact) mass is 247 g/mol. The van der Waals surface area contributed by atoms with Gasteiger partial charge in [0.05, 0.1) is 24.0 Å². The molecule has 0 spiro atoms. The number of rotatable bonds is 6. The van der Waals surface area contributed by atoms with E-state index < -0.39 is 0 Å². The van der Waals surface area contributed by atoms with Crippen molar-refractivity contribution in [3.8, 4) is 0 Å². The maximum absolute atomic E-state index is 9.33. The highest BCUT2D eigenvalue weighted by Gasteiger charge is 2.09. The summed E-state index contributed by atoms with van der Waals surface area (Å²) in [5, 5.41) is 12.7. The summed E-state index contributed by atoms with van der Waals surface area (Å²) >= 11 is 0. The lowest BCUT2D eigenvalue weighted by Crippen LogP contribution is -2.38. The Kier molecular flexibility index (Phi) is 4.33. The Labute approximate surface area is 108 Å². The molecule has 1 aromatic carbocycles. The smallest absolute Gasteiger partial charge is 0.0958 e. The first-order chi connectivity index (χ1) is 8.70. The third kappa shape index (κ3) is 3.09. The van der Waals surface area contributed by atoms with Gasteiger partial charge in [0.15, 0.2) is 0 Å². The number of aryl methyl sites for hydroxylation is 1. The van der Waals surface area contributed by atoms with Gasteiger partial charge in [-0.25, -0.2) is 4.98 Å². The summed E-state index contributed by atoms with van der Waals surface area (Å²) in [5.41, 5.74) is 2.17. The van der Waals surface area contributed by atoms with Gasteiger partial charge in [-0.2, -0.15) is 0 Å². The molecule has 98 valence electrons. The number of aromatic nitrogens is 2. The molecule has 1 heterocycles. The summed E-state index contributed by atoms with van der Waals surface area (Å²) in [5.74, 6) is 0. The van der Waals surface area contributed by atoms with Gasteiger partial charge in [0.25, 0.3) is 0 Å². The number of fused-ring (bicyclic) bond motifs is 1. The molecule has 18 heavy (non-hydrogen) atoms. The molecule has 0 saturated heterocycles. The van der Waals surface area contributed by atoms with Gasteiger partial charge < -0.3 is 15.0 Å². The molecule has 0 saturated carbocycles. The number of nitrogens with one attached hydrogen (secondary N) is 1. The zero-order valence-corrected chi connectivity index (χ0v) is 11.0. The molecule has 2 aromatic rings. The minimum absolute atomic E-state index is 0.145. The number of para-hydroxylation sites is 2. The summed E-state index contributed by atoms with van der Waals surface area (Å²) in [7, 11) is 0. The maximum atomic E-state index is 9.33. The highest BCUT2D eigenvalue weighted by molar-refractivity contribution is 5.74. The van der Waals surface area contributed by atoms with Gasteiger partial charge >= 0.3 is 0 Å². The van der Waals surface area contributed by atoms with Crippen LogP contribution in [-0.2, 0) is 6.54 Å². The number of benzene rings is 1. The van der Waals surface area contributed by atoms with Crippen LogP contribution in [0.2, 0.25) is 0 Å².